The number of ether oxygens (including phenoxy) is 1. The quantitative estimate of drug-likeness (QED) is 0.688. The topological polar surface area (TPSA) is 29.5 Å². The van der Waals surface area contributed by atoms with Crippen LogP contribution in [-0.2, 0) is 4.74 Å². The van der Waals surface area contributed by atoms with Crippen LogP contribution in [-0.4, -0.2) is 35.3 Å². The summed E-state index contributed by atoms with van der Waals surface area (Å²) >= 11 is 0. The highest BCUT2D eigenvalue weighted by Gasteiger charge is 2.86. The molecule has 0 amide bonds. The zero-order valence-corrected chi connectivity index (χ0v) is 8.92. The Labute approximate surface area is 97.9 Å². The van der Waals surface area contributed by atoms with Crippen molar-refractivity contribution in [3.05, 3.63) is 0 Å². The van der Waals surface area contributed by atoms with E-state index >= 15 is 0 Å². The monoisotopic (exact) mass is 276 g/mol. The molecule has 3 unspecified atom stereocenters. The summed E-state index contributed by atoms with van der Waals surface area (Å²) in [4.78, 5) is 0. The smallest absolute Gasteiger partial charge is 0.393 e. The summed E-state index contributed by atoms with van der Waals surface area (Å²) in [5.74, 6) is -2.93. The number of rotatable bonds is 0. The van der Waals surface area contributed by atoms with Crippen LogP contribution >= 0.6 is 0 Å². The van der Waals surface area contributed by atoms with E-state index < -0.39 is 47.9 Å². The summed E-state index contributed by atoms with van der Waals surface area (Å²) in [7, 11) is 0. The van der Waals surface area contributed by atoms with Gasteiger partial charge in [-0.2, -0.15) is 26.3 Å². The first-order valence-electron chi connectivity index (χ1n) is 5.59. The van der Waals surface area contributed by atoms with Crippen LogP contribution in [0.25, 0.3) is 0 Å². The number of aliphatic hydroxyl groups is 1. The van der Waals surface area contributed by atoms with Crippen LogP contribution in [0.2, 0.25) is 0 Å². The Morgan fingerprint density at radius 2 is 1.56 bits per heavy atom. The maximum absolute atomic E-state index is 12.8. The van der Waals surface area contributed by atoms with Crippen LogP contribution in [0.1, 0.15) is 12.8 Å². The summed E-state index contributed by atoms with van der Waals surface area (Å²) < 4.78 is 81.1. The minimum absolute atomic E-state index is 0.00308. The molecule has 3 aliphatic rings. The number of halogens is 6. The first kappa shape index (κ1) is 12.5. The summed E-state index contributed by atoms with van der Waals surface area (Å²) in [6, 6.07) is 0. The van der Waals surface area contributed by atoms with Gasteiger partial charge in [0.2, 0.25) is 0 Å². The van der Waals surface area contributed by atoms with Crippen molar-refractivity contribution in [2.75, 3.05) is 0 Å². The molecule has 0 aromatic rings. The Morgan fingerprint density at radius 3 is 2.00 bits per heavy atom. The van der Waals surface area contributed by atoms with Gasteiger partial charge in [-0.3, -0.25) is 0 Å². The van der Waals surface area contributed by atoms with Gasteiger partial charge < -0.3 is 9.84 Å². The second-order valence-electron chi connectivity index (χ2n) is 5.30. The predicted octanol–water partition coefficient (Wildman–Crippen LogP) is 2.27. The molecule has 2 saturated carbocycles. The van der Waals surface area contributed by atoms with Gasteiger partial charge in [-0.25, -0.2) is 0 Å². The van der Waals surface area contributed by atoms with E-state index in [1.807, 2.05) is 0 Å². The molecule has 2 bridgehead atoms. The first-order chi connectivity index (χ1) is 8.09. The van der Waals surface area contributed by atoms with Crippen LogP contribution in [0.15, 0.2) is 0 Å². The Kier molecular flexibility index (Phi) is 2.19. The van der Waals surface area contributed by atoms with E-state index in [2.05, 4.69) is 4.74 Å². The van der Waals surface area contributed by atoms with Crippen molar-refractivity contribution in [2.24, 2.45) is 17.8 Å². The third-order valence-electron chi connectivity index (χ3n) is 4.53. The Morgan fingerprint density at radius 1 is 1.00 bits per heavy atom. The maximum Gasteiger partial charge on any atom is 0.426 e. The molecule has 18 heavy (non-hydrogen) atoms. The van der Waals surface area contributed by atoms with Crippen molar-refractivity contribution < 1.29 is 36.2 Å². The van der Waals surface area contributed by atoms with E-state index in [4.69, 9.17) is 0 Å². The largest absolute Gasteiger partial charge is 0.426 e. The lowest BCUT2D eigenvalue weighted by Crippen LogP contribution is -2.76. The molecule has 2 nitrogen and oxygen atoms in total. The van der Waals surface area contributed by atoms with Crippen molar-refractivity contribution in [1.82, 2.24) is 0 Å². The van der Waals surface area contributed by atoms with Crippen molar-refractivity contribution in [3.8, 4) is 0 Å². The zero-order valence-electron chi connectivity index (χ0n) is 8.92. The van der Waals surface area contributed by atoms with Crippen molar-refractivity contribution >= 4 is 0 Å². The second-order valence-corrected chi connectivity index (χ2v) is 5.30. The van der Waals surface area contributed by atoms with Gasteiger partial charge in [0.25, 0.3) is 5.60 Å². The lowest BCUT2D eigenvalue weighted by atomic mass is 9.67. The van der Waals surface area contributed by atoms with E-state index in [-0.39, 0.29) is 12.8 Å². The molecule has 0 aromatic heterocycles. The number of alkyl halides is 6. The van der Waals surface area contributed by atoms with E-state index in [0.717, 1.165) is 0 Å². The molecule has 1 saturated heterocycles. The van der Waals surface area contributed by atoms with Gasteiger partial charge in [0.15, 0.2) is 0 Å². The lowest BCUT2D eigenvalue weighted by Gasteiger charge is -2.57. The molecule has 1 aliphatic heterocycles. The van der Waals surface area contributed by atoms with E-state index in [9.17, 15) is 31.4 Å². The Hall–Kier alpha value is -0.500. The van der Waals surface area contributed by atoms with Gasteiger partial charge in [-0.1, -0.05) is 0 Å². The predicted molar refractivity (Wildman–Crippen MR) is 45.4 cm³/mol. The average molecular weight is 276 g/mol. The molecule has 104 valence electrons. The SMILES string of the molecule is OC1C[C@@H]2C[C@@H]1C1OC(C(F)(F)F)(C(F)(F)F)C12. The summed E-state index contributed by atoms with van der Waals surface area (Å²) in [6.07, 6.45) is -12.7. The maximum atomic E-state index is 12.8. The van der Waals surface area contributed by atoms with Crippen molar-refractivity contribution in [3.63, 3.8) is 0 Å². The van der Waals surface area contributed by atoms with Crippen molar-refractivity contribution in [1.29, 1.82) is 0 Å². The van der Waals surface area contributed by atoms with Crippen LogP contribution < -0.4 is 0 Å². The molecule has 0 aromatic carbocycles. The molecule has 8 heteroatoms. The standard InChI is InChI=1S/C10H10F6O2/c11-9(12,13)8(10(14,15)16)6-3-1-4(5(17)2-3)7(6)18-8/h3-7,17H,1-2H2/t3-,4-,5?,6?,7?/m0/s1. The fourth-order valence-electron chi connectivity index (χ4n) is 3.89. The third kappa shape index (κ3) is 1.18. The summed E-state index contributed by atoms with van der Waals surface area (Å²) in [5, 5.41) is 9.47. The highest BCUT2D eigenvalue weighted by atomic mass is 19.4. The molecule has 1 N–H and O–H groups in total. The molecule has 3 rings (SSSR count). The molecule has 5 atom stereocenters. The van der Waals surface area contributed by atoms with E-state index in [0.29, 0.717) is 0 Å². The van der Waals surface area contributed by atoms with Gasteiger partial charge in [-0.15, -0.1) is 0 Å². The van der Waals surface area contributed by atoms with Crippen LogP contribution in [0.4, 0.5) is 26.3 Å². The lowest BCUT2D eigenvalue weighted by molar-refractivity contribution is -0.473. The van der Waals surface area contributed by atoms with Gasteiger partial charge in [0.1, 0.15) is 0 Å². The van der Waals surface area contributed by atoms with Crippen molar-refractivity contribution in [2.45, 2.75) is 43.0 Å². The highest BCUT2D eigenvalue weighted by molar-refractivity contribution is 5.20. The number of fused-ring (bicyclic) bond motifs is 5. The fourth-order valence-corrected chi connectivity index (χ4v) is 3.89. The van der Waals surface area contributed by atoms with E-state index in [1.165, 1.54) is 0 Å². The third-order valence-corrected chi connectivity index (χ3v) is 4.53. The second kappa shape index (κ2) is 3.15. The summed E-state index contributed by atoms with van der Waals surface area (Å²) in [6.45, 7) is 0. The van der Waals surface area contributed by atoms with Gasteiger partial charge in [-0.05, 0) is 18.8 Å². The number of hydrogen-bond donors (Lipinski definition) is 1. The Balaban J connectivity index is 1.98. The normalized spacial score (nSPS) is 45.8. The molecule has 2 aliphatic carbocycles. The fraction of sp³-hybridized carbons (Fsp3) is 1.00. The average Bonchev–Trinajstić information content (AvgIpc) is 2.50. The van der Waals surface area contributed by atoms with Crippen LogP contribution in [0.3, 0.4) is 0 Å². The zero-order chi connectivity index (χ0) is 13.5. The molecule has 0 radical (unpaired) electrons. The van der Waals surface area contributed by atoms with E-state index in [1.54, 1.807) is 0 Å². The van der Waals surface area contributed by atoms with Gasteiger partial charge in [0.05, 0.1) is 12.2 Å². The van der Waals surface area contributed by atoms with Gasteiger partial charge >= 0.3 is 12.4 Å². The minimum Gasteiger partial charge on any atom is -0.393 e. The number of hydrogen-bond acceptors (Lipinski definition) is 2. The minimum atomic E-state index is -5.47. The molecule has 0 spiro atoms. The molecular weight excluding hydrogens is 266 g/mol. The van der Waals surface area contributed by atoms with Crippen LogP contribution in [0.5, 0.6) is 0 Å². The molecular formula is C10H10F6O2. The molecule has 3 fully saturated rings. The molecule has 1 heterocycles. The number of aliphatic hydroxyl groups excluding tert-OH is 1. The van der Waals surface area contributed by atoms with Gasteiger partial charge in [0, 0.05) is 11.8 Å². The highest BCUT2D eigenvalue weighted by Crippen LogP contribution is 2.69. The first-order valence-corrected chi connectivity index (χ1v) is 5.59. The summed E-state index contributed by atoms with van der Waals surface area (Å²) in [5.41, 5.74) is -4.02. The Bertz CT molecular complexity index is 360. The van der Waals surface area contributed by atoms with Crippen LogP contribution in [0, 0.1) is 17.8 Å².